The minimum absolute atomic E-state index is 0.0440. The van der Waals surface area contributed by atoms with E-state index in [1.165, 1.54) is 11.1 Å². The van der Waals surface area contributed by atoms with Gasteiger partial charge in [0.05, 0.1) is 5.52 Å². The normalized spacial score (nSPS) is 13.9. The van der Waals surface area contributed by atoms with Crippen molar-refractivity contribution in [2.45, 2.75) is 53.1 Å². The Bertz CT molecular complexity index is 1490. The summed E-state index contributed by atoms with van der Waals surface area (Å²) >= 11 is 0. The molecule has 0 aliphatic carbocycles. The summed E-state index contributed by atoms with van der Waals surface area (Å²) < 4.78 is 1.89. The quantitative estimate of drug-likeness (QED) is 0.384. The summed E-state index contributed by atoms with van der Waals surface area (Å²) in [6.07, 6.45) is 1.57. The van der Waals surface area contributed by atoms with Crippen molar-refractivity contribution in [1.82, 2.24) is 25.2 Å². The van der Waals surface area contributed by atoms with E-state index >= 15 is 0 Å². The van der Waals surface area contributed by atoms with Crippen molar-refractivity contribution in [2.24, 2.45) is 0 Å². The number of nitrogens with one attached hydrogen (secondary N) is 1. The SMILES string of the molecule is CCn1nnc2c(C)c([C@@H](CNC=O)c3ccc4c(c3)CN(C(=O)c3ccc(C)c(C)c3)CC4)ccc21. The molecule has 37 heavy (non-hydrogen) atoms. The van der Waals surface area contributed by atoms with Crippen LogP contribution < -0.4 is 5.32 Å². The van der Waals surface area contributed by atoms with Crippen molar-refractivity contribution >= 4 is 23.4 Å². The maximum absolute atomic E-state index is 13.3. The summed E-state index contributed by atoms with van der Waals surface area (Å²) in [5, 5.41) is 11.6. The Balaban J connectivity index is 1.47. The van der Waals surface area contributed by atoms with Crippen molar-refractivity contribution in [2.75, 3.05) is 13.1 Å². The molecule has 0 saturated heterocycles. The first-order valence-electron chi connectivity index (χ1n) is 12.9. The molecule has 1 aliphatic rings. The number of benzene rings is 3. The Labute approximate surface area is 217 Å². The Kier molecular flexibility index (Phi) is 6.78. The van der Waals surface area contributed by atoms with Crippen molar-refractivity contribution in [3.05, 3.63) is 93.0 Å². The molecule has 190 valence electrons. The lowest BCUT2D eigenvalue weighted by molar-refractivity contribution is -0.109. The Morgan fingerprint density at radius 2 is 1.89 bits per heavy atom. The number of aryl methyl sites for hydroxylation is 4. The molecule has 5 rings (SSSR count). The second kappa shape index (κ2) is 10.2. The Morgan fingerprint density at radius 3 is 2.65 bits per heavy atom. The number of amides is 2. The molecule has 2 amide bonds. The van der Waals surface area contributed by atoms with E-state index in [0.29, 0.717) is 19.6 Å². The van der Waals surface area contributed by atoms with E-state index in [-0.39, 0.29) is 11.8 Å². The summed E-state index contributed by atoms with van der Waals surface area (Å²) in [5.41, 5.74) is 10.7. The first-order valence-corrected chi connectivity index (χ1v) is 12.9. The van der Waals surface area contributed by atoms with Gasteiger partial charge in [-0.15, -0.1) is 5.10 Å². The minimum Gasteiger partial charge on any atom is -0.358 e. The fourth-order valence-corrected chi connectivity index (χ4v) is 5.39. The van der Waals surface area contributed by atoms with Gasteiger partial charge in [0.15, 0.2) is 0 Å². The van der Waals surface area contributed by atoms with Crippen molar-refractivity contribution < 1.29 is 9.59 Å². The molecule has 0 bridgehead atoms. The highest BCUT2D eigenvalue weighted by atomic mass is 16.2. The molecule has 1 aliphatic heterocycles. The molecular weight excluding hydrogens is 462 g/mol. The van der Waals surface area contributed by atoms with Gasteiger partial charge in [0.2, 0.25) is 6.41 Å². The zero-order valence-electron chi connectivity index (χ0n) is 21.9. The highest BCUT2D eigenvalue weighted by Crippen LogP contribution is 2.33. The van der Waals surface area contributed by atoms with Crippen LogP contribution in [0.4, 0.5) is 0 Å². The van der Waals surface area contributed by atoms with Gasteiger partial charge < -0.3 is 10.2 Å². The molecular formula is C30H33N5O2. The Morgan fingerprint density at radius 1 is 1.05 bits per heavy atom. The molecule has 0 spiro atoms. The average molecular weight is 496 g/mol. The van der Waals surface area contributed by atoms with Gasteiger partial charge in [-0.3, -0.25) is 9.59 Å². The lowest BCUT2D eigenvalue weighted by Gasteiger charge is -2.30. The van der Waals surface area contributed by atoms with Gasteiger partial charge in [-0.2, -0.15) is 0 Å². The molecule has 1 N–H and O–H groups in total. The van der Waals surface area contributed by atoms with Gasteiger partial charge >= 0.3 is 0 Å². The van der Waals surface area contributed by atoms with Crippen molar-refractivity contribution in [3.63, 3.8) is 0 Å². The number of aromatic nitrogens is 3. The Hall–Kier alpha value is -4.00. The van der Waals surface area contributed by atoms with Gasteiger partial charge in [0.1, 0.15) is 5.52 Å². The third kappa shape index (κ3) is 4.61. The van der Waals surface area contributed by atoms with Crippen LogP contribution in [0.3, 0.4) is 0 Å². The van der Waals surface area contributed by atoms with E-state index in [4.69, 9.17) is 0 Å². The fourth-order valence-electron chi connectivity index (χ4n) is 5.39. The highest BCUT2D eigenvalue weighted by Gasteiger charge is 2.25. The fraction of sp³-hybridized carbons (Fsp3) is 0.333. The number of nitrogens with zero attached hydrogens (tertiary/aromatic N) is 4. The molecule has 0 radical (unpaired) electrons. The van der Waals surface area contributed by atoms with Crippen LogP contribution in [0.15, 0.2) is 48.5 Å². The molecule has 0 saturated carbocycles. The van der Waals surface area contributed by atoms with Gasteiger partial charge in [0, 0.05) is 37.7 Å². The van der Waals surface area contributed by atoms with Crippen LogP contribution in [0, 0.1) is 20.8 Å². The zero-order valence-corrected chi connectivity index (χ0v) is 21.9. The molecule has 7 nitrogen and oxygen atoms in total. The number of rotatable bonds is 7. The number of hydrogen-bond donors (Lipinski definition) is 1. The molecule has 4 aromatic rings. The molecule has 0 unspecified atom stereocenters. The van der Waals surface area contributed by atoms with Crippen LogP contribution in [0.5, 0.6) is 0 Å². The molecule has 1 aromatic heterocycles. The maximum Gasteiger partial charge on any atom is 0.254 e. The first kappa shape index (κ1) is 24.7. The summed E-state index contributed by atoms with van der Waals surface area (Å²) in [6, 6.07) is 16.7. The third-order valence-corrected chi connectivity index (χ3v) is 7.75. The van der Waals surface area contributed by atoms with E-state index in [1.54, 1.807) is 0 Å². The first-order chi connectivity index (χ1) is 17.9. The second-order valence-corrected chi connectivity index (χ2v) is 9.94. The van der Waals surface area contributed by atoms with Gasteiger partial charge in [-0.05, 0) is 91.3 Å². The molecule has 3 aromatic carbocycles. The highest BCUT2D eigenvalue weighted by molar-refractivity contribution is 5.94. The number of carbonyl (C=O) groups excluding carboxylic acids is 2. The van der Waals surface area contributed by atoms with Crippen LogP contribution in [0.25, 0.3) is 11.0 Å². The topological polar surface area (TPSA) is 80.1 Å². The molecule has 1 atom stereocenters. The van der Waals surface area contributed by atoms with E-state index in [0.717, 1.165) is 63.8 Å². The van der Waals surface area contributed by atoms with Crippen LogP contribution in [-0.2, 0) is 24.3 Å². The largest absolute Gasteiger partial charge is 0.358 e. The van der Waals surface area contributed by atoms with Crippen LogP contribution in [0.2, 0.25) is 0 Å². The lowest BCUT2D eigenvalue weighted by atomic mass is 9.85. The van der Waals surface area contributed by atoms with Crippen molar-refractivity contribution in [1.29, 1.82) is 0 Å². The van der Waals surface area contributed by atoms with Crippen molar-refractivity contribution in [3.8, 4) is 0 Å². The second-order valence-electron chi connectivity index (χ2n) is 9.94. The lowest BCUT2D eigenvalue weighted by Crippen LogP contribution is -2.36. The summed E-state index contributed by atoms with van der Waals surface area (Å²) in [6.45, 7) is 10.7. The number of hydrogen-bond acceptors (Lipinski definition) is 4. The summed E-state index contributed by atoms with van der Waals surface area (Å²) in [7, 11) is 0. The van der Waals surface area contributed by atoms with Gasteiger partial charge in [0.25, 0.3) is 5.91 Å². The smallest absolute Gasteiger partial charge is 0.254 e. The average Bonchev–Trinajstić information content (AvgIpc) is 3.34. The predicted octanol–water partition coefficient (Wildman–Crippen LogP) is 4.45. The summed E-state index contributed by atoms with van der Waals surface area (Å²) in [4.78, 5) is 26.5. The van der Waals surface area contributed by atoms with Gasteiger partial charge in [-0.25, -0.2) is 4.68 Å². The molecule has 7 heteroatoms. The number of fused-ring (bicyclic) bond motifs is 2. The van der Waals surface area contributed by atoms with Crippen LogP contribution >= 0.6 is 0 Å². The molecule has 2 heterocycles. The zero-order chi connectivity index (χ0) is 26.1. The predicted molar refractivity (Wildman–Crippen MR) is 145 cm³/mol. The van der Waals surface area contributed by atoms with E-state index in [1.807, 2.05) is 34.7 Å². The standard InChI is InChI=1S/C30H33N5O2/c1-5-35-28-11-10-26(21(4)29(28)32-33-35)27(16-31-18-36)23-9-8-22-12-13-34(17-25(22)15-23)30(37)24-7-6-19(2)20(3)14-24/h6-11,14-15,18,27H,5,12-13,16-17H2,1-4H3,(H,31,36)/t27-/m0/s1. The monoisotopic (exact) mass is 495 g/mol. The van der Waals surface area contributed by atoms with E-state index < -0.39 is 0 Å². The van der Waals surface area contributed by atoms with Crippen LogP contribution in [0.1, 0.15) is 62.1 Å². The minimum atomic E-state index is -0.0440. The van der Waals surface area contributed by atoms with Crippen LogP contribution in [-0.4, -0.2) is 45.3 Å². The van der Waals surface area contributed by atoms with E-state index in [9.17, 15) is 9.59 Å². The number of carbonyl (C=O) groups is 2. The third-order valence-electron chi connectivity index (χ3n) is 7.75. The molecule has 0 fully saturated rings. The van der Waals surface area contributed by atoms with E-state index in [2.05, 4.69) is 66.7 Å². The summed E-state index contributed by atoms with van der Waals surface area (Å²) in [5.74, 6) is 0.0242. The van der Waals surface area contributed by atoms with Gasteiger partial charge in [-0.1, -0.05) is 35.5 Å². The maximum atomic E-state index is 13.3.